The molecule has 0 saturated carbocycles. The topological polar surface area (TPSA) is 17.1 Å². The molecule has 144 valence electrons. The number of carbonyl (C=O) groups is 1. The highest BCUT2D eigenvalue weighted by atomic mass is 32.1. The van der Waals surface area contributed by atoms with Gasteiger partial charge in [0.15, 0.2) is 5.78 Å². The van der Waals surface area contributed by atoms with Crippen LogP contribution in [-0.2, 0) is 4.79 Å². The maximum atomic E-state index is 12.8. The van der Waals surface area contributed by atoms with Crippen LogP contribution < -0.4 is 0 Å². The van der Waals surface area contributed by atoms with E-state index >= 15 is 0 Å². The molecule has 2 rings (SSSR count). The first kappa shape index (κ1) is 21.5. The lowest BCUT2D eigenvalue weighted by molar-refractivity contribution is -0.116. The fourth-order valence-corrected chi connectivity index (χ4v) is 3.72. The Bertz CT molecular complexity index is 798. The van der Waals surface area contributed by atoms with E-state index in [4.69, 9.17) is 0 Å². The third-order valence-corrected chi connectivity index (χ3v) is 5.47. The van der Waals surface area contributed by atoms with Gasteiger partial charge in [-0.1, -0.05) is 50.1 Å². The SMILES string of the molecule is CCC(C)CC(=O)C1=CC(C=Cc2c(C)cc(S)cc2C)=CCCC(C)=C1. The van der Waals surface area contributed by atoms with Crippen LogP contribution in [0.1, 0.15) is 63.1 Å². The first-order valence-corrected chi connectivity index (χ1v) is 10.4. The normalized spacial score (nSPS) is 16.3. The van der Waals surface area contributed by atoms with E-state index in [0.29, 0.717) is 12.3 Å². The molecule has 0 heterocycles. The van der Waals surface area contributed by atoms with Crippen molar-refractivity contribution in [2.45, 2.75) is 65.2 Å². The van der Waals surface area contributed by atoms with Crippen molar-refractivity contribution in [3.63, 3.8) is 0 Å². The fraction of sp³-hybridized carbons (Fsp3) is 0.400. The minimum Gasteiger partial charge on any atom is -0.294 e. The second kappa shape index (κ2) is 9.94. The average Bonchev–Trinajstić information content (AvgIpc) is 2.57. The van der Waals surface area contributed by atoms with E-state index in [9.17, 15) is 4.79 Å². The van der Waals surface area contributed by atoms with Gasteiger partial charge in [0.25, 0.3) is 0 Å². The average molecular weight is 381 g/mol. The lowest BCUT2D eigenvalue weighted by Gasteiger charge is -2.12. The Morgan fingerprint density at radius 2 is 1.81 bits per heavy atom. The van der Waals surface area contributed by atoms with Crippen molar-refractivity contribution in [2.75, 3.05) is 0 Å². The Labute approximate surface area is 170 Å². The highest BCUT2D eigenvalue weighted by molar-refractivity contribution is 7.80. The van der Waals surface area contributed by atoms with Gasteiger partial charge in [-0.2, -0.15) is 0 Å². The summed E-state index contributed by atoms with van der Waals surface area (Å²) in [4.78, 5) is 13.8. The predicted molar refractivity (Wildman–Crippen MR) is 120 cm³/mol. The van der Waals surface area contributed by atoms with Crippen molar-refractivity contribution >= 4 is 24.5 Å². The van der Waals surface area contributed by atoms with E-state index < -0.39 is 0 Å². The van der Waals surface area contributed by atoms with E-state index in [1.165, 1.54) is 22.3 Å². The van der Waals surface area contributed by atoms with Gasteiger partial charge in [-0.05, 0) is 80.0 Å². The number of aryl methyl sites for hydroxylation is 2. The summed E-state index contributed by atoms with van der Waals surface area (Å²) in [6.07, 6.45) is 14.3. The van der Waals surface area contributed by atoms with Crippen LogP contribution in [0.2, 0.25) is 0 Å². The molecule has 0 amide bonds. The number of allylic oxidation sites excluding steroid dienone is 7. The molecule has 1 aromatic rings. The molecule has 0 bridgehead atoms. The van der Waals surface area contributed by atoms with Gasteiger partial charge in [0.2, 0.25) is 0 Å². The summed E-state index contributed by atoms with van der Waals surface area (Å²) in [6.45, 7) is 10.6. The summed E-state index contributed by atoms with van der Waals surface area (Å²) >= 11 is 4.46. The Kier molecular flexibility index (Phi) is 7.91. The van der Waals surface area contributed by atoms with Crippen molar-refractivity contribution in [1.82, 2.24) is 0 Å². The van der Waals surface area contributed by atoms with Gasteiger partial charge in [0.05, 0.1) is 0 Å². The van der Waals surface area contributed by atoms with Crippen molar-refractivity contribution in [2.24, 2.45) is 5.92 Å². The molecule has 0 radical (unpaired) electrons. The molecular weight excluding hydrogens is 348 g/mol. The van der Waals surface area contributed by atoms with E-state index in [1.807, 2.05) is 0 Å². The molecule has 1 nitrogen and oxygen atoms in total. The van der Waals surface area contributed by atoms with Crippen molar-refractivity contribution < 1.29 is 4.79 Å². The smallest absolute Gasteiger partial charge is 0.163 e. The predicted octanol–water partition coefficient (Wildman–Crippen LogP) is 7.20. The molecule has 0 aliphatic heterocycles. The number of carbonyl (C=O) groups excluding carboxylic acids is 1. The molecule has 1 unspecified atom stereocenters. The molecule has 2 heteroatoms. The zero-order valence-electron chi connectivity index (χ0n) is 17.3. The molecule has 1 aliphatic rings. The highest BCUT2D eigenvalue weighted by Gasteiger charge is 2.13. The van der Waals surface area contributed by atoms with Crippen LogP contribution in [0.4, 0.5) is 0 Å². The molecule has 0 spiro atoms. The lowest BCUT2D eigenvalue weighted by Crippen LogP contribution is -2.08. The van der Waals surface area contributed by atoms with Gasteiger partial charge in [-0.3, -0.25) is 4.79 Å². The highest BCUT2D eigenvalue weighted by Crippen LogP contribution is 2.24. The largest absolute Gasteiger partial charge is 0.294 e. The van der Waals surface area contributed by atoms with E-state index in [0.717, 1.165) is 35.3 Å². The number of Topliss-reactive ketones (excluding diaryl/α,β-unsaturated/α-hetero) is 1. The third-order valence-electron chi connectivity index (χ3n) is 5.22. The van der Waals surface area contributed by atoms with Gasteiger partial charge in [-0.15, -0.1) is 12.6 Å². The number of hydrogen-bond donors (Lipinski definition) is 1. The maximum absolute atomic E-state index is 12.8. The number of rotatable bonds is 6. The van der Waals surface area contributed by atoms with Crippen LogP contribution in [-0.4, -0.2) is 5.78 Å². The van der Waals surface area contributed by atoms with Gasteiger partial charge in [0, 0.05) is 16.9 Å². The van der Waals surface area contributed by atoms with Crippen LogP contribution in [0, 0.1) is 19.8 Å². The van der Waals surface area contributed by atoms with Gasteiger partial charge in [0.1, 0.15) is 0 Å². The molecule has 0 N–H and O–H groups in total. The van der Waals surface area contributed by atoms with Crippen LogP contribution in [0.5, 0.6) is 0 Å². The van der Waals surface area contributed by atoms with Crippen LogP contribution in [0.15, 0.2) is 58.1 Å². The quantitative estimate of drug-likeness (QED) is 0.516. The monoisotopic (exact) mass is 380 g/mol. The fourth-order valence-electron chi connectivity index (χ4n) is 3.33. The minimum absolute atomic E-state index is 0.247. The Morgan fingerprint density at radius 1 is 1.15 bits per heavy atom. The Hall–Kier alpha value is -1.80. The summed E-state index contributed by atoms with van der Waals surface area (Å²) in [7, 11) is 0. The van der Waals surface area contributed by atoms with Crippen molar-refractivity contribution in [1.29, 1.82) is 0 Å². The third kappa shape index (κ3) is 6.39. The summed E-state index contributed by atoms with van der Waals surface area (Å²) in [5.74, 6) is 0.669. The zero-order chi connectivity index (χ0) is 20.0. The molecule has 0 fully saturated rings. The van der Waals surface area contributed by atoms with Crippen LogP contribution >= 0.6 is 12.6 Å². The minimum atomic E-state index is 0.247. The lowest BCUT2D eigenvalue weighted by atomic mass is 9.92. The maximum Gasteiger partial charge on any atom is 0.163 e. The van der Waals surface area contributed by atoms with Crippen molar-refractivity contribution in [3.05, 3.63) is 69.8 Å². The Morgan fingerprint density at radius 3 is 2.44 bits per heavy atom. The van der Waals surface area contributed by atoms with E-state index in [-0.39, 0.29) is 5.78 Å². The number of hydrogen-bond acceptors (Lipinski definition) is 2. The van der Waals surface area contributed by atoms with Crippen molar-refractivity contribution in [3.8, 4) is 0 Å². The standard InChI is InChI=1S/C25H32OS/c1-6-17(2)13-25(26)22-12-18(3)8-7-9-21(16-22)10-11-24-19(4)14-23(27)15-20(24)5/h9-12,14-17,27H,6-8,13H2,1-5H3. The molecule has 1 aromatic carbocycles. The zero-order valence-corrected chi connectivity index (χ0v) is 18.2. The molecular formula is C25H32OS. The summed E-state index contributed by atoms with van der Waals surface area (Å²) in [5.41, 5.74) is 6.88. The van der Waals surface area contributed by atoms with Crippen LogP contribution in [0.3, 0.4) is 0 Å². The van der Waals surface area contributed by atoms with E-state index in [1.54, 1.807) is 0 Å². The number of ketones is 1. The summed E-state index contributed by atoms with van der Waals surface area (Å²) in [5, 5.41) is 0. The number of benzene rings is 1. The van der Waals surface area contributed by atoms with E-state index in [2.05, 4.69) is 89.8 Å². The molecule has 0 aromatic heterocycles. The van der Waals surface area contributed by atoms with Gasteiger partial charge < -0.3 is 0 Å². The second-order valence-corrected chi connectivity index (χ2v) is 8.32. The number of thiol groups is 1. The van der Waals surface area contributed by atoms with Crippen LogP contribution in [0.25, 0.3) is 6.08 Å². The van der Waals surface area contributed by atoms with Gasteiger partial charge in [-0.25, -0.2) is 0 Å². The summed E-state index contributed by atoms with van der Waals surface area (Å²) in [6, 6.07) is 4.18. The second-order valence-electron chi connectivity index (χ2n) is 7.80. The van der Waals surface area contributed by atoms with Gasteiger partial charge >= 0.3 is 0 Å². The first-order chi connectivity index (χ1) is 12.8. The summed E-state index contributed by atoms with van der Waals surface area (Å²) < 4.78 is 0. The molecule has 0 saturated heterocycles. The molecule has 27 heavy (non-hydrogen) atoms. The molecule has 1 atom stereocenters. The molecule has 1 aliphatic carbocycles. The first-order valence-electron chi connectivity index (χ1n) is 9.90. The Balaban J connectivity index is 2.33.